The van der Waals surface area contributed by atoms with Gasteiger partial charge in [0.2, 0.25) is 0 Å². The van der Waals surface area contributed by atoms with Crippen molar-refractivity contribution in [2.75, 3.05) is 14.2 Å². The summed E-state index contributed by atoms with van der Waals surface area (Å²) in [6.07, 6.45) is 2.45. The Hall–Kier alpha value is -3.54. The molecule has 1 heterocycles. The van der Waals surface area contributed by atoms with Crippen LogP contribution in [0, 0.1) is 0 Å². The summed E-state index contributed by atoms with van der Waals surface area (Å²) >= 11 is 0. The number of ketones is 1. The summed E-state index contributed by atoms with van der Waals surface area (Å²) in [6.45, 7) is 7.88. The maximum absolute atomic E-state index is 13.8. The fourth-order valence-electron chi connectivity index (χ4n) is 5.26. The van der Waals surface area contributed by atoms with Gasteiger partial charge < -0.3 is 19.5 Å². The summed E-state index contributed by atoms with van der Waals surface area (Å²) in [7, 11) is 3.22. The number of hydrogen-bond acceptors (Lipinski definition) is 6. The molecule has 0 amide bonds. The first-order valence-corrected chi connectivity index (χ1v) is 13.1. The van der Waals surface area contributed by atoms with E-state index in [4.69, 9.17) is 14.2 Å². The van der Waals surface area contributed by atoms with Crippen molar-refractivity contribution in [1.29, 1.82) is 0 Å². The van der Waals surface area contributed by atoms with Crippen LogP contribution in [-0.4, -0.2) is 32.1 Å². The third-order valence-corrected chi connectivity index (χ3v) is 7.53. The topological polar surface area (TPSA) is 73.9 Å². The van der Waals surface area contributed by atoms with Crippen molar-refractivity contribution < 1.29 is 23.8 Å². The van der Waals surface area contributed by atoms with Gasteiger partial charge in [0.25, 0.3) is 0 Å². The molecular weight excluding hydrogens is 466 g/mol. The Balaban J connectivity index is 1.76. The normalized spacial score (nSPS) is 20.2. The summed E-state index contributed by atoms with van der Waals surface area (Å²) in [6, 6.07) is 14.0. The first-order valence-electron chi connectivity index (χ1n) is 13.1. The number of benzene rings is 2. The van der Waals surface area contributed by atoms with Crippen molar-refractivity contribution >= 4 is 11.8 Å². The van der Waals surface area contributed by atoms with Gasteiger partial charge in [-0.05, 0) is 67.9 Å². The number of rotatable bonds is 8. The molecule has 0 spiro atoms. The SMILES string of the molecule is CCc1ccc(C2C(C(=O)OC(C)CC)=C(C)NC3=C2C(=O)CC(c2ccc(OC)c(OC)c2)C3)cc1. The predicted molar refractivity (Wildman–Crippen MR) is 144 cm³/mol. The molecule has 0 fully saturated rings. The molecule has 0 bridgehead atoms. The van der Waals surface area contributed by atoms with Crippen LogP contribution in [0.4, 0.5) is 0 Å². The molecule has 2 aromatic rings. The van der Waals surface area contributed by atoms with E-state index in [0.717, 1.165) is 35.4 Å². The number of aryl methyl sites for hydroxylation is 1. The molecule has 2 aromatic carbocycles. The molecule has 2 aliphatic rings. The van der Waals surface area contributed by atoms with E-state index in [-0.39, 0.29) is 23.8 Å². The number of allylic oxidation sites excluding steroid dienone is 3. The van der Waals surface area contributed by atoms with Crippen molar-refractivity contribution in [3.8, 4) is 11.5 Å². The van der Waals surface area contributed by atoms with Crippen LogP contribution in [0.5, 0.6) is 11.5 Å². The summed E-state index contributed by atoms with van der Waals surface area (Å²) in [5.74, 6) is 0.497. The fraction of sp³-hybridized carbons (Fsp3) is 0.419. The summed E-state index contributed by atoms with van der Waals surface area (Å²) in [5.41, 5.74) is 5.95. The van der Waals surface area contributed by atoms with Crippen LogP contribution >= 0.6 is 0 Å². The first-order chi connectivity index (χ1) is 17.8. The number of methoxy groups -OCH3 is 2. The van der Waals surface area contributed by atoms with Crippen LogP contribution in [0.15, 0.2) is 65.0 Å². The molecule has 1 N–H and O–H groups in total. The molecule has 3 atom stereocenters. The summed E-state index contributed by atoms with van der Waals surface area (Å²) < 4.78 is 16.6. The summed E-state index contributed by atoms with van der Waals surface area (Å²) in [5, 5.41) is 3.43. The summed E-state index contributed by atoms with van der Waals surface area (Å²) in [4.78, 5) is 27.2. The molecule has 0 saturated carbocycles. The Labute approximate surface area is 219 Å². The predicted octanol–water partition coefficient (Wildman–Crippen LogP) is 5.97. The maximum Gasteiger partial charge on any atom is 0.337 e. The second-order valence-electron chi connectivity index (χ2n) is 9.85. The number of Topliss-reactive ketones (excluding diaryl/α,β-unsaturated/α-hetero) is 1. The fourth-order valence-corrected chi connectivity index (χ4v) is 5.26. The van der Waals surface area contributed by atoms with Crippen molar-refractivity contribution in [2.24, 2.45) is 0 Å². The lowest BCUT2D eigenvalue weighted by Gasteiger charge is -2.37. The van der Waals surface area contributed by atoms with Gasteiger partial charge in [0, 0.05) is 29.3 Å². The van der Waals surface area contributed by atoms with Crippen LogP contribution in [0.3, 0.4) is 0 Å². The smallest absolute Gasteiger partial charge is 0.337 e. The number of carbonyl (C=O) groups excluding carboxylic acids is 2. The lowest BCUT2D eigenvalue weighted by atomic mass is 9.71. The van der Waals surface area contributed by atoms with E-state index in [2.05, 4.69) is 24.4 Å². The molecule has 0 aromatic heterocycles. The van der Waals surface area contributed by atoms with Crippen LogP contribution in [-0.2, 0) is 20.7 Å². The average Bonchev–Trinajstić information content (AvgIpc) is 2.91. The van der Waals surface area contributed by atoms with Crippen molar-refractivity contribution in [3.05, 3.63) is 81.7 Å². The lowest BCUT2D eigenvalue weighted by molar-refractivity contribution is -0.144. The van der Waals surface area contributed by atoms with Crippen molar-refractivity contribution in [1.82, 2.24) is 5.32 Å². The van der Waals surface area contributed by atoms with Gasteiger partial charge in [-0.3, -0.25) is 4.79 Å². The Morgan fingerprint density at radius 1 is 1.00 bits per heavy atom. The Bertz CT molecular complexity index is 1240. The monoisotopic (exact) mass is 503 g/mol. The van der Waals surface area contributed by atoms with E-state index in [0.29, 0.717) is 35.5 Å². The van der Waals surface area contributed by atoms with Gasteiger partial charge in [-0.1, -0.05) is 44.2 Å². The minimum atomic E-state index is -0.461. The average molecular weight is 504 g/mol. The Morgan fingerprint density at radius 3 is 2.30 bits per heavy atom. The number of hydrogen-bond donors (Lipinski definition) is 1. The van der Waals surface area contributed by atoms with Gasteiger partial charge in [0.15, 0.2) is 17.3 Å². The van der Waals surface area contributed by atoms with Gasteiger partial charge in [-0.15, -0.1) is 0 Å². The zero-order chi connectivity index (χ0) is 26.7. The highest BCUT2D eigenvalue weighted by molar-refractivity contribution is 6.04. The van der Waals surface area contributed by atoms with Crippen LogP contribution in [0.2, 0.25) is 0 Å². The molecular formula is C31H37NO5. The van der Waals surface area contributed by atoms with Crippen LogP contribution < -0.4 is 14.8 Å². The molecule has 4 rings (SSSR count). The van der Waals surface area contributed by atoms with Gasteiger partial charge in [-0.2, -0.15) is 0 Å². The molecule has 6 nitrogen and oxygen atoms in total. The lowest BCUT2D eigenvalue weighted by Crippen LogP contribution is -2.36. The molecule has 196 valence electrons. The van der Waals surface area contributed by atoms with Crippen molar-refractivity contribution in [2.45, 2.75) is 71.3 Å². The van der Waals surface area contributed by atoms with E-state index < -0.39 is 5.92 Å². The van der Waals surface area contributed by atoms with E-state index in [1.54, 1.807) is 14.2 Å². The highest BCUT2D eigenvalue weighted by Gasteiger charge is 2.41. The highest BCUT2D eigenvalue weighted by atomic mass is 16.5. The standard InChI is InChI=1S/C31H37NO5/c1-7-18(3)37-31(34)28-19(4)32-24-15-23(22-13-14-26(35-5)27(17-22)36-6)16-25(33)30(24)29(28)21-11-9-20(8-2)10-12-21/h9-14,17-18,23,29,32H,7-8,15-16H2,1-6H3. The Kier molecular flexibility index (Phi) is 8.06. The molecule has 1 aliphatic heterocycles. The van der Waals surface area contributed by atoms with E-state index in [1.807, 2.05) is 51.1 Å². The minimum Gasteiger partial charge on any atom is -0.493 e. The zero-order valence-electron chi connectivity index (χ0n) is 22.6. The number of esters is 1. The van der Waals surface area contributed by atoms with E-state index in [1.165, 1.54) is 5.56 Å². The minimum absolute atomic E-state index is 0.0110. The van der Waals surface area contributed by atoms with Gasteiger partial charge in [0.1, 0.15) is 0 Å². The first kappa shape index (κ1) is 26.5. The Morgan fingerprint density at radius 2 is 1.68 bits per heavy atom. The number of dihydropyridines is 1. The highest BCUT2D eigenvalue weighted by Crippen LogP contribution is 2.46. The molecule has 1 aliphatic carbocycles. The van der Waals surface area contributed by atoms with Gasteiger partial charge >= 0.3 is 5.97 Å². The number of ether oxygens (including phenoxy) is 3. The maximum atomic E-state index is 13.8. The van der Waals surface area contributed by atoms with Gasteiger partial charge in [0.05, 0.1) is 25.9 Å². The van der Waals surface area contributed by atoms with Crippen molar-refractivity contribution in [3.63, 3.8) is 0 Å². The van der Waals surface area contributed by atoms with Crippen LogP contribution in [0.1, 0.15) is 75.5 Å². The molecule has 37 heavy (non-hydrogen) atoms. The molecule has 3 unspecified atom stereocenters. The second kappa shape index (κ2) is 11.2. The zero-order valence-corrected chi connectivity index (χ0v) is 22.6. The quantitative estimate of drug-likeness (QED) is 0.448. The number of nitrogens with one attached hydrogen (secondary N) is 1. The molecule has 0 saturated heterocycles. The van der Waals surface area contributed by atoms with E-state index >= 15 is 0 Å². The van der Waals surface area contributed by atoms with Gasteiger partial charge in [-0.25, -0.2) is 4.79 Å². The number of carbonyl (C=O) groups is 2. The molecule has 0 radical (unpaired) electrons. The van der Waals surface area contributed by atoms with E-state index in [9.17, 15) is 9.59 Å². The largest absolute Gasteiger partial charge is 0.493 e. The van der Waals surface area contributed by atoms with Crippen LogP contribution in [0.25, 0.3) is 0 Å². The third kappa shape index (κ3) is 5.29. The molecule has 6 heteroatoms. The third-order valence-electron chi connectivity index (χ3n) is 7.53. The second-order valence-corrected chi connectivity index (χ2v) is 9.85.